The van der Waals surface area contributed by atoms with E-state index in [2.05, 4.69) is 5.32 Å². The number of ketones is 1. The standard InChI is InChI=1S/C18H19NO5S/c20-15(16-7-4-12-25-16)8-9-18(22)24-13-17(21)19-10-11-23-14-5-2-1-3-6-14/h1-7,12H,8-11,13H2,(H,19,21). The number of Topliss-reactive ketones (excluding diaryl/α,β-unsaturated/α-hetero) is 1. The van der Waals surface area contributed by atoms with E-state index in [0.717, 1.165) is 5.75 Å². The molecular formula is C18H19NO5S. The van der Waals surface area contributed by atoms with Gasteiger partial charge in [0.1, 0.15) is 12.4 Å². The second kappa shape index (κ2) is 10.2. The van der Waals surface area contributed by atoms with Gasteiger partial charge in [0.25, 0.3) is 5.91 Å². The van der Waals surface area contributed by atoms with Crippen molar-refractivity contribution in [1.29, 1.82) is 0 Å². The van der Waals surface area contributed by atoms with Crippen LogP contribution >= 0.6 is 11.3 Å². The first-order chi connectivity index (χ1) is 12.1. The molecule has 1 aromatic carbocycles. The molecule has 25 heavy (non-hydrogen) atoms. The topological polar surface area (TPSA) is 81.7 Å². The van der Waals surface area contributed by atoms with E-state index in [9.17, 15) is 14.4 Å². The van der Waals surface area contributed by atoms with Crippen LogP contribution in [-0.4, -0.2) is 37.4 Å². The minimum absolute atomic E-state index is 0.0405. The molecule has 0 fully saturated rings. The second-order valence-electron chi connectivity index (χ2n) is 5.07. The third-order valence-electron chi connectivity index (χ3n) is 3.15. The molecule has 0 aliphatic carbocycles. The van der Waals surface area contributed by atoms with E-state index in [0.29, 0.717) is 18.0 Å². The van der Waals surface area contributed by atoms with Gasteiger partial charge in [0.15, 0.2) is 12.4 Å². The number of benzene rings is 1. The summed E-state index contributed by atoms with van der Waals surface area (Å²) in [7, 11) is 0. The largest absolute Gasteiger partial charge is 0.492 e. The Bertz CT molecular complexity index is 685. The molecule has 2 aromatic rings. The number of para-hydroxylation sites is 1. The van der Waals surface area contributed by atoms with Gasteiger partial charge < -0.3 is 14.8 Å². The molecule has 132 valence electrons. The minimum atomic E-state index is -0.569. The first-order valence-corrected chi connectivity index (χ1v) is 8.70. The molecule has 7 heteroatoms. The predicted octanol–water partition coefficient (Wildman–Crippen LogP) is 2.45. The Balaban J connectivity index is 1.53. The summed E-state index contributed by atoms with van der Waals surface area (Å²) in [5.74, 6) is -0.358. The summed E-state index contributed by atoms with van der Waals surface area (Å²) >= 11 is 1.33. The van der Waals surface area contributed by atoms with Gasteiger partial charge in [-0.05, 0) is 23.6 Å². The van der Waals surface area contributed by atoms with E-state index in [1.165, 1.54) is 11.3 Å². The number of hydrogen-bond donors (Lipinski definition) is 1. The Morgan fingerprint density at radius 1 is 1.00 bits per heavy atom. The number of carbonyl (C=O) groups is 3. The third-order valence-corrected chi connectivity index (χ3v) is 4.06. The number of amides is 1. The van der Waals surface area contributed by atoms with Crippen LogP contribution in [0.2, 0.25) is 0 Å². The molecule has 0 bridgehead atoms. The van der Waals surface area contributed by atoms with Crippen molar-refractivity contribution < 1.29 is 23.9 Å². The van der Waals surface area contributed by atoms with Crippen molar-refractivity contribution in [2.45, 2.75) is 12.8 Å². The Hall–Kier alpha value is -2.67. The van der Waals surface area contributed by atoms with Crippen molar-refractivity contribution in [1.82, 2.24) is 5.32 Å². The molecule has 0 aliphatic rings. The molecule has 0 radical (unpaired) electrons. The molecule has 1 aromatic heterocycles. The maximum Gasteiger partial charge on any atom is 0.306 e. The number of carbonyl (C=O) groups excluding carboxylic acids is 3. The smallest absolute Gasteiger partial charge is 0.306 e. The Labute approximate surface area is 149 Å². The normalized spacial score (nSPS) is 10.1. The monoisotopic (exact) mass is 361 g/mol. The van der Waals surface area contributed by atoms with Crippen LogP contribution in [0.3, 0.4) is 0 Å². The highest BCUT2D eigenvalue weighted by molar-refractivity contribution is 7.12. The molecular weight excluding hydrogens is 342 g/mol. The Morgan fingerprint density at radius 3 is 2.52 bits per heavy atom. The van der Waals surface area contributed by atoms with E-state index < -0.39 is 11.9 Å². The molecule has 1 N–H and O–H groups in total. The lowest BCUT2D eigenvalue weighted by atomic mass is 10.2. The lowest BCUT2D eigenvalue weighted by molar-refractivity contribution is -0.148. The van der Waals surface area contributed by atoms with Gasteiger partial charge in [-0.2, -0.15) is 0 Å². The zero-order valence-electron chi connectivity index (χ0n) is 13.6. The average Bonchev–Trinajstić information content (AvgIpc) is 3.17. The van der Waals surface area contributed by atoms with Crippen LogP contribution in [0.1, 0.15) is 22.5 Å². The Morgan fingerprint density at radius 2 is 1.80 bits per heavy atom. The first kappa shape index (κ1) is 18.7. The lowest BCUT2D eigenvalue weighted by Crippen LogP contribution is -2.32. The molecule has 0 saturated heterocycles. The number of hydrogen-bond acceptors (Lipinski definition) is 6. The fraction of sp³-hybridized carbons (Fsp3) is 0.278. The molecule has 0 unspecified atom stereocenters. The van der Waals surface area contributed by atoms with Crippen LogP contribution in [0.5, 0.6) is 5.75 Å². The van der Waals surface area contributed by atoms with Gasteiger partial charge >= 0.3 is 5.97 Å². The van der Waals surface area contributed by atoms with Crippen molar-refractivity contribution >= 4 is 29.0 Å². The van der Waals surface area contributed by atoms with Crippen LogP contribution in [-0.2, 0) is 14.3 Å². The Kier molecular flexibility index (Phi) is 7.65. The van der Waals surface area contributed by atoms with Crippen molar-refractivity contribution in [3.8, 4) is 5.75 Å². The third kappa shape index (κ3) is 7.17. The van der Waals surface area contributed by atoms with E-state index in [4.69, 9.17) is 9.47 Å². The van der Waals surface area contributed by atoms with E-state index >= 15 is 0 Å². The van der Waals surface area contributed by atoms with E-state index in [-0.39, 0.29) is 25.2 Å². The van der Waals surface area contributed by atoms with Gasteiger partial charge in [0.05, 0.1) is 17.8 Å². The van der Waals surface area contributed by atoms with Crippen LogP contribution in [0.4, 0.5) is 0 Å². The summed E-state index contributed by atoms with van der Waals surface area (Å²) in [4.78, 5) is 35.5. The lowest BCUT2D eigenvalue weighted by Gasteiger charge is -2.08. The van der Waals surface area contributed by atoms with Crippen molar-refractivity contribution in [3.05, 3.63) is 52.7 Å². The van der Waals surface area contributed by atoms with Crippen molar-refractivity contribution in [2.75, 3.05) is 19.8 Å². The van der Waals surface area contributed by atoms with Gasteiger partial charge in [-0.3, -0.25) is 14.4 Å². The van der Waals surface area contributed by atoms with Gasteiger partial charge in [-0.1, -0.05) is 24.3 Å². The highest BCUT2D eigenvalue weighted by atomic mass is 32.1. The van der Waals surface area contributed by atoms with Crippen LogP contribution in [0, 0.1) is 0 Å². The molecule has 0 spiro atoms. The molecule has 2 rings (SSSR count). The molecule has 0 aliphatic heterocycles. The zero-order chi connectivity index (χ0) is 17.9. The van der Waals surface area contributed by atoms with Gasteiger partial charge in [0, 0.05) is 6.42 Å². The number of thiophene rings is 1. The van der Waals surface area contributed by atoms with E-state index in [1.54, 1.807) is 17.5 Å². The number of ether oxygens (including phenoxy) is 2. The van der Waals surface area contributed by atoms with Crippen molar-refractivity contribution in [2.24, 2.45) is 0 Å². The second-order valence-corrected chi connectivity index (χ2v) is 6.02. The summed E-state index contributed by atoms with van der Waals surface area (Å²) in [6, 6.07) is 12.7. The highest BCUT2D eigenvalue weighted by Gasteiger charge is 2.12. The van der Waals surface area contributed by atoms with E-state index in [1.807, 2.05) is 30.3 Å². The molecule has 1 amide bonds. The average molecular weight is 361 g/mol. The minimum Gasteiger partial charge on any atom is -0.492 e. The summed E-state index contributed by atoms with van der Waals surface area (Å²) in [6.45, 7) is 0.262. The summed E-state index contributed by atoms with van der Waals surface area (Å²) in [6.07, 6.45) is 0.0347. The summed E-state index contributed by atoms with van der Waals surface area (Å²) in [5, 5.41) is 4.39. The van der Waals surface area contributed by atoms with Crippen LogP contribution in [0.15, 0.2) is 47.8 Å². The maximum absolute atomic E-state index is 11.7. The van der Waals surface area contributed by atoms with Gasteiger partial charge in [-0.15, -0.1) is 11.3 Å². The fourth-order valence-electron chi connectivity index (χ4n) is 1.92. The number of esters is 1. The maximum atomic E-state index is 11.7. The number of rotatable bonds is 10. The molecule has 0 saturated carbocycles. The fourth-order valence-corrected chi connectivity index (χ4v) is 2.62. The molecule has 0 atom stereocenters. The highest BCUT2D eigenvalue weighted by Crippen LogP contribution is 2.12. The molecule has 1 heterocycles. The molecule has 6 nitrogen and oxygen atoms in total. The van der Waals surface area contributed by atoms with Crippen LogP contribution < -0.4 is 10.1 Å². The van der Waals surface area contributed by atoms with Crippen LogP contribution in [0.25, 0.3) is 0 Å². The van der Waals surface area contributed by atoms with Gasteiger partial charge in [0.2, 0.25) is 0 Å². The number of nitrogens with one attached hydrogen (secondary N) is 1. The predicted molar refractivity (Wildman–Crippen MR) is 93.8 cm³/mol. The quantitative estimate of drug-likeness (QED) is 0.399. The van der Waals surface area contributed by atoms with Gasteiger partial charge in [-0.25, -0.2) is 0 Å². The van der Waals surface area contributed by atoms with Crippen molar-refractivity contribution in [3.63, 3.8) is 0 Å². The zero-order valence-corrected chi connectivity index (χ0v) is 14.4. The SMILES string of the molecule is O=C(COC(=O)CCC(=O)c1cccs1)NCCOc1ccccc1. The first-order valence-electron chi connectivity index (χ1n) is 7.82. The summed E-state index contributed by atoms with van der Waals surface area (Å²) in [5.41, 5.74) is 0. The summed E-state index contributed by atoms with van der Waals surface area (Å²) < 4.78 is 10.3.